The Morgan fingerprint density at radius 3 is 1.89 bits per heavy atom. The van der Waals surface area contributed by atoms with E-state index in [1.807, 2.05) is 24.3 Å². The van der Waals surface area contributed by atoms with Gasteiger partial charge in [0, 0.05) is 6.42 Å². The highest BCUT2D eigenvalue weighted by Gasteiger charge is 2.08. The van der Waals surface area contributed by atoms with Gasteiger partial charge in [-0.05, 0) is 29.5 Å². The molecule has 2 rings (SSSR count). The summed E-state index contributed by atoms with van der Waals surface area (Å²) >= 11 is 0. The van der Waals surface area contributed by atoms with Gasteiger partial charge in [0.05, 0.1) is 6.10 Å². The Bertz CT molecular complexity index is 508. The Labute approximate surface area is 115 Å². The van der Waals surface area contributed by atoms with E-state index in [1.54, 1.807) is 0 Å². The summed E-state index contributed by atoms with van der Waals surface area (Å²) in [5, 5.41) is 10.2. The van der Waals surface area contributed by atoms with E-state index in [1.165, 1.54) is 16.7 Å². The summed E-state index contributed by atoms with van der Waals surface area (Å²) in [6, 6.07) is 16.6. The van der Waals surface area contributed by atoms with Crippen molar-refractivity contribution in [1.82, 2.24) is 0 Å². The highest BCUT2D eigenvalue weighted by Crippen LogP contribution is 2.21. The predicted octanol–water partition coefficient (Wildman–Crippen LogP) is 4.39. The van der Waals surface area contributed by atoms with Crippen LogP contribution < -0.4 is 0 Å². The highest BCUT2D eigenvalue weighted by molar-refractivity contribution is 5.28. The van der Waals surface area contributed by atoms with Gasteiger partial charge in [0.1, 0.15) is 0 Å². The number of hydrogen-bond acceptors (Lipinski definition) is 1. The molecule has 1 heteroatoms. The van der Waals surface area contributed by atoms with Crippen LogP contribution in [0.3, 0.4) is 0 Å². The van der Waals surface area contributed by atoms with Crippen molar-refractivity contribution >= 4 is 0 Å². The summed E-state index contributed by atoms with van der Waals surface area (Å²) < 4.78 is 0. The lowest BCUT2D eigenvalue weighted by Gasteiger charge is -2.12. The summed E-state index contributed by atoms with van der Waals surface area (Å²) in [6.07, 6.45) is 0.243. The van der Waals surface area contributed by atoms with Gasteiger partial charge in [0.15, 0.2) is 0 Å². The minimum Gasteiger partial charge on any atom is -0.388 e. The lowest BCUT2D eigenvalue weighted by molar-refractivity contribution is 0.178. The second kappa shape index (κ2) is 6.03. The Morgan fingerprint density at radius 1 is 0.842 bits per heavy atom. The van der Waals surface area contributed by atoms with Gasteiger partial charge in [-0.25, -0.2) is 0 Å². The molecule has 0 aromatic heterocycles. The van der Waals surface area contributed by atoms with Gasteiger partial charge in [0.2, 0.25) is 0 Å². The molecule has 0 saturated heterocycles. The van der Waals surface area contributed by atoms with Crippen molar-refractivity contribution in [3.05, 3.63) is 70.8 Å². The number of hydrogen-bond donors (Lipinski definition) is 1. The molecular weight excluding hydrogens is 232 g/mol. The van der Waals surface area contributed by atoms with Gasteiger partial charge in [-0.1, -0.05) is 67.9 Å². The molecule has 0 aliphatic carbocycles. The Hall–Kier alpha value is -1.60. The van der Waals surface area contributed by atoms with Crippen LogP contribution in [0.5, 0.6) is 0 Å². The topological polar surface area (TPSA) is 20.2 Å². The predicted molar refractivity (Wildman–Crippen MR) is 80.4 cm³/mol. The van der Waals surface area contributed by atoms with E-state index < -0.39 is 6.10 Å². The molecule has 0 heterocycles. The molecule has 2 aromatic carbocycles. The molecule has 100 valence electrons. The van der Waals surface area contributed by atoms with Gasteiger partial charge >= 0.3 is 0 Å². The van der Waals surface area contributed by atoms with Crippen LogP contribution in [0, 0.1) is 6.92 Å². The van der Waals surface area contributed by atoms with Gasteiger partial charge in [0.25, 0.3) is 0 Å². The number of benzene rings is 2. The maximum Gasteiger partial charge on any atom is 0.0830 e. The maximum absolute atomic E-state index is 10.2. The average Bonchev–Trinajstić information content (AvgIpc) is 2.40. The van der Waals surface area contributed by atoms with E-state index in [0.717, 1.165) is 5.56 Å². The largest absolute Gasteiger partial charge is 0.388 e. The van der Waals surface area contributed by atoms with Crippen LogP contribution in [0.4, 0.5) is 0 Å². The van der Waals surface area contributed by atoms with E-state index in [4.69, 9.17) is 0 Å². The fourth-order valence-electron chi connectivity index (χ4n) is 2.17. The normalized spacial score (nSPS) is 12.7. The van der Waals surface area contributed by atoms with E-state index in [2.05, 4.69) is 45.0 Å². The molecular formula is C18H22O. The molecule has 1 unspecified atom stereocenters. The standard InChI is InChI=1S/C18H22O/c1-13(2)16-10-6-15(7-11-16)12-18(19)17-8-4-14(3)5-9-17/h4-11,13,18-19H,12H2,1-3H3. The maximum atomic E-state index is 10.2. The monoisotopic (exact) mass is 254 g/mol. The number of aliphatic hydroxyl groups excluding tert-OH is 1. The summed E-state index contributed by atoms with van der Waals surface area (Å²) in [4.78, 5) is 0. The molecule has 0 spiro atoms. The van der Waals surface area contributed by atoms with Crippen molar-refractivity contribution in [2.45, 2.75) is 39.2 Å². The third-order valence-corrected chi connectivity index (χ3v) is 3.54. The summed E-state index contributed by atoms with van der Waals surface area (Å²) in [5.41, 5.74) is 4.72. The van der Waals surface area contributed by atoms with Crippen molar-refractivity contribution in [2.24, 2.45) is 0 Å². The lowest BCUT2D eigenvalue weighted by Crippen LogP contribution is -2.02. The average molecular weight is 254 g/mol. The fourth-order valence-corrected chi connectivity index (χ4v) is 2.17. The molecule has 1 N–H and O–H groups in total. The van der Waals surface area contributed by atoms with Gasteiger partial charge in [-0.15, -0.1) is 0 Å². The summed E-state index contributed by atoms with van der Waals surface area (Å²) in [5.74, 6) is 0.552. The first-order chi connectivity index (χ1) is 9.06. The SMILES string of the molecule is Cc1ccc(C(O)Cc2ccc(C(C)C)cc2)cc1. The van der Waals surface area contributed by atoms with E-state index in [0.29, 0.717) is 12.3 Å². The smallest absolute Gasteiger partial charge is 0.0830 e. The Morgan fingerprint density at radius 2 is 1.37 bits per heavy atom. The Balaban J connectivity index is 2.06. The van der Waals surface area contributed by atoms with Crippen LogP contribution in [-0.2, 0) is 6.42 Å². The zero-order chi connectivity index (χ0) is 13.8. The molecule has 1 nitrogen and oxygen atoms in total. The Kier molecular flexibility index (Phi) is 4.39. The van der Waals surface area contributed by atoms with Crippen LogP contribution in [-0.4, -0.2) is 5.11 Å². The number of rotatable bonds is 4. The zero-order valence-electron chi connectivity index (χ0n) is 11.9. The van der Waals surface area contributed by atoms with Crippen LogP contribution in [0.1, 0.15) is 48.1 Å². The van der Waals surface area contributed by atoms with E-state index in [-0.39, 0.29) is 0 Å². The minimum absolute atomic E-state index is 0.425. The van der Waals surface area contributed by atoms with Gasteiger partial charge in [-0.2, -0.15) is 0 Å². The second-order valence-electron chi connectivity index (χ2n) is 5.53. The van der Waals surface area contributed by atoms with Crippen molar-refractivity contribution in [2.75, 3.05) is 0 Å². The molecule has 19 heavy (non-hydrogen) atoms. The molecule has 0 aliphatic rings. The van der Waals surface area contributed by atoms with Crippen molar-refractivity contribution in [3.8, 4) is 0 Å². The van der Waals surface area contributed by atoms with Crippen molar-refractivity contribution in [3.63, 3.8) is 0 Å². The first-order valence-corrected chi connectivity index (χ1v) is 6.89. The van der Waals surface area contributed by atoms with E-state index in [9.17, 15) is 5.11 Å². The van der Waals surface area contributed by atoms with Crippen molar-refractivity contribution in [1.29, 1.82) is 0 Å². The fraction of sp³-hybridized carbons (Fsp3) is 0.333. The van der Waals surface area contributed by atoms with Crippen LogP contribution in [0.25, 0.3) is 0 Å². The molecule has 0 radical (unpaired) electrons. The third-order valence-electron chi connectivity index (χ3n) is 3.54. The molecule has 0 fully saturated rings. The molecule has 1 atom stereocenters. The first kappa shape index (κ1) is 13.8. The number of aliphatic hydroxyl groups is 1. The first-order valence-electron chi connectivity index (χ1n) is 6.89. The molecule has 0 aliphatic heterocycles. The van der Waals surface area contributed by atoms with Crippen molar-refractivity contribution < 1.29 is 5.11 Å². The summed E-state index contributed by atoms with van der Waals surface area (Å²) in [7, 11) is 0. The van der Waals surface area contributed by atoms with Gasteiger partial charge < -0.3 is 5.11 Å². The molecule has 0 saturated carbocycles. The van der Waals surface area contributed by atoms with Crippen LogP contribution in [0.2, 0.25) is 0 Å². The van der Waals surface area contributed by atoms with E-state index >= 15 is 0 Å². The van der Waals surface area contributed by atoms with Crippen LogP contribution in [0.15, 0.2) is 48.5 Å². The van der Waals surface area contributed by atoms with Crippen LogP contribution >= 0.6 is 0 Å². The molecule has 2 aromatic rings. The quantitative estimate of drug-likeness (QED) is 0.857. The number of aryl methyl sites for hydroxylation is 1. The third kappa shape index (κ3) is 3.68. The lowest BCUT2D eigenvalue weighted by atomic mass is 9.97. The minimum atomic E-state index is -0.425. The molecule has 0 bridgehead atoms. The zero-order valence-corrected chi connectivity index (χ0v) is 11.9. The van der Waals surface area contributed by atoms with Gasteiger partial charge in [-0.3, -0.25) is 0 Å². The molecule has 0 amide bonds. The summed E-state index contributed by atoms with van der Waals surface area (Å²) in [6.45, 7) is 6.44. The second-order valence-corrected chi connectivity index (χ2v) is 5.53. The highest BCUT2D eigenvalue weighted by atomic mass is 16.3.